The third-order valence-corrected chi connectivity index (χ3v) is 5.94. The number of carbonyl (C=O) groups excluding carboxylic acids is 1. The van der Waals surface area contributed by atoms with Crippen LogP contribution >= 0.6 is 23.7 Å². The number of thiazole rings is 1. The van der Waals surface area contributed by atoms with Crippen molar-refractivity contribution in [2.75, 3.05) is 38.7 Å². The fourth-order valence-corrected chi connectivity index (χ4v) is 4.43. The first kappa shape index (κ1) is 25.1. The van der Waals surface area contributed by atoms with Crippen LogP contribution < -0.4 is 9.64 Å². The number of anilines is 1. The van der Waals surface area contributed by atoms with E-state index in [4.69, 9.17) is 9.72 Å². The molecule has 0 saturated carbocycles. The zero-order valence-corrected chi connectivity index (χ0v) is 20.6. The highest BCUT2D eigenvalue weighted by atomic mass is 35.5. The summed E-state index contributed by atoms with van der Waals surface area (Å²) in [5.74, 6) is 0.684. The van der Waals surface area contributed by atoms with Gasteiger partial charge in [-0.2, -0.15) is 0 Å². The molecule has 168 valence electrons. The van der Waals surface area contributed by atoms with Crippen molar-refractivity contribution in [2.24, 2.45) is 0 Å². The average molecular weight is 462 g/mol. The second-order valence-electron chi connectivity index (χ2n) is 7.91. The van der Waals surface area contributed by atoms with Crippen LogP contribution in [-0.4, -0.2) is 49.6 Å². The molecule has 3 aromatic rings. The molecule has 0 radical (unpaired) electrons. The van der Waals surface area contributed by atoms with Crippen LogP contribution in [0.3, 0.4) is 0 Å². The normalized spacial score (nSPS) is 10.9. The van der Waals surface area contributed by atoms with Gasteiger partial charge in [-0.15, -0.1) is 12.4 Å². The Hall–Kier alpha value is -2.15. The fourth-order valence-electron chi connectivity index (χ4n) is 3.27. The van der Waals surface area contributed by atoms with Gasteiger partial charge in [-0.25, -0.2) is 4.98 Å². The molecule has 1 aromatic heterocycles. The third-order valence-electron chi connectivity index (χ3n) is 4.91. The van der Waals surface area contributed by atoms with Crippen molar-refractivity contribution < 1.29 is 9.53 Å². The highest BCUT2D eigenvalue weighted by molar-refractivity contribution is 7.22. The quantitative estimate of drug-likeness (QED) is 0.382. The topological polar surface area (TPSA) is 45.7 Å². The van der Waals surface area contributed by atoms with Crippen LogP contribution in [0.1, 0.15) is 41.3 Å². The third kappa shape index (κ3) is 6.42. The lowest BCUT2D eigenvalue weighted by atomic mass is 10.1. The number of benzene rings is 2. The lowest BCUT2D eigenvalue weighted by Gasteiger charge is -2.22. The van der Waals surface area contributed by atoms with Crippen molar-refractivity contribution in [3.05, 3.63) is 53.1 Å². The maximum absolute atomic E-state index is 13.5. The number of carbonyl (C=O) groups is 1. The summed E-state index contributed by atoms with van der Waals surface area (Å²) in [5, 5.41) is 0.739. The highest BCUT2D eigenvalue weighted by Crippen LogP contribution is 2.32. The first-order valence-corrected chi connectivity index (χ1v) is 11.3. The predicted octanol–water partition coefficient (Wildman–Crippen LogP) is 5.72. The molecule has 0 spiro atoms. The Kier molecular flexibility index (Phi) is 9.29. The van der Waals surface area contributed by atoms with Crippen LogP contribution in [0.4, 0.5) is 5.13 Å². The van der Waals surface area contributed by atoms with Gasteiger partial charge >= 0.3 is 0 Å². The van der Waals surface area contributed by atoms with E-state index in [-0.39, 0.29) is 18.3 Å². The Morgan fingerprint density at radius 2 is 1.90 bits per heavy atom. The molecule has 7 heteroatoms. The summed E-state index contributed by atoms with van der Waals surface area (Å²) in [6, 6.07) is 11.7. The van der Waals surface area contributed by atoms with Gasteiger partial charge < -0.3 is 9.64 Å². The summed E-state index contributed by atoms with van der Waals surface area (Å²) < 4.78 is 6.92. The predicted molar refractivity (Wildman–Crippen MR) is 133 cm³/mol. The Morgan fingerprint density at radius 3 is 2.61 bits per heavy atom. The summed E-state index contributed by atoms with van der Waals surface area (Å²) in [7, 11) is 4.02. The van der Waals surface area contributed by atoms with Crippen molar-refractivity contribution in [1.82, 2.24) is 9.88 Å². The molecule has 1 heterocycles. The molecule has 0 fully saturated rings. The van der Waals surface area contributed by atoms with E-state index >= 15 is 0 Å². The second-order valence-corrected chi connectivity index (χ2v) is 8.92. The van der Waals surface area contributed by atoms with Crippen LogP contribution in [-0.2, 0) is 0 Å². The van der Waals surface area contributed by atoms with Gasteiger partial charge in [-0.1, -0.05) is 36.8 Å². The maximum Gasteiger partial charge on any atom is 0.260 e. The second kappa shape index (κ2) is 11.5. The number of aromatic nitrogens is 1. The minimum absolute atomic E-state index is 0. The van der Waals surface area contributed by atoms with E-state index < -0.39 is 0 Å². The van der Waals surface area contributed by atoms with Crippen LogP contribution in [0.15, 0.2) is 36.4 Å². The van der Waals surface area contributed by atoms with Gasteiger partial charge in [-0.05, 0) is 69.8 Å². The zero-order valence-electron chi connectivity index (χ0n) is 19.0. The number of amides is 1. The van der Waals surface area contributed by atoms with E-state index in [1.807, 2.05) is 38.4 Å². The average Bonchev–Trinajstić information content (AvgIpc) is 3.12. The molecule has 2 aromatic carbocycles. The molecule has 0 unspecified atom stereocenters. The van der Waals surface area contributed by atoms with E-state index in [9.17, 15) is 4.79 Å². The first-order valence-electron chi connectivity index (χ1n) is 10.5. The lowest BCUT2D eigenvalue weighted by molar-refractivity contribution is 0.0984. The Balaban J connectivity index is 0.00000341. The molecule has 0 N–H and O–H groups in total. The molecular formula is C24H32ClN3O2S. The van der Waals surface area contributed by atoms with E-state index in [0.717, 1.165) is 46.0 Å². The Labute approximate surface area is 195 Å². The number of fused-ring (bicyclic) bond motifs is 1. The highest BCUT2D eigenvalue weighted by Gasteiger charge is 2.22. The van der Waals surface area contributed by atoms with Crippen LogP contribution in [0.5, 0.6) is 5.75 Å². The number of nitrogens with zero attached hydrogens (tertiary/aromatic N) is 3. The van der Waals surface area contributed by atoms with Gasteiger partial charge in [0.15, 0.2) is 5.13 Å². The largest absolute Gasteiger partial charge is 0.494 e. The number of ether oxygens (including phenoxy) is 1. The van der Waals surface area contributed by atoms with Gasteiger partial charge in [0.05, 0.1) is 16.8 Å². The number of hydrogen-bond donors (Lipinski definition) is 0. The molecule has 0 atom stereocenters. The van der Waals surface area contributed by atoms with Crippen molar-refractivity contribution in [2.45, 2.75) is 33.6 Å². The van der Waals surface area contributed by atoms with Crippen LogP contribution in [0.25, 0.3) is 10.2 Å². The monoisotopic (exact) mass is 461 g/mol. The minimum Gasteiger partial charge on any atom is -0.494 e. The summed E-state index contributed by atoms with van der Waals surface area (Å²) in [4.78, 5) is 22.2. The van der Waals surface area contributed by atoms with E-state index in [1.165, 1.54) is 5.56 Å². The molecule has 3 rings (SSSR count). The summed E-state index contributed by atoms with van der Waals surface area (Å²) in [6.07, 6.45) is 2.07. The number of aryl methyl sites for hydroxylation is 2. The van der Waals surface area contributed by atoms with Crippen molar-refractivity contribution in [3.8, 4) is 5.75 Å². The fraction of sp³-hybridized carbons (Fsp3) is 0.417. The van der Waals surface area contributed by atoms with E-state index in [0.29, 0.717) is 18.7 Å². The molecule has 0 aliphatic heterocycles. The maximum atomic E-state index is 13.5. The number of unbranched alkanes of at least 4 members (excludes halogenated alkanes) is 1. The van der Waals surface area contributed by atoms with Gasteiger partial charge in [-0.3, -0.25) is 9.69 Å². The van der Waals surface area contributed by atoms with Crippen molar-refractivity contribution >= 4 is 45.0 Å². The number of likely N-dealkylation sites (N-methyl/N-ethyl adjacent to an activating group) is 1. The molecule has 0 bridgehead atoms. The van der Waals surface area contributed by atoms with Gasteiger partial charge in [0.25, 0.3) is 5.91 Å². The first-order chi connectivity index (χ1) is 14.4. The minimum atomic E-state index is -0.0498. The van der Waals surface area contributed by atoms with E-state index in [2.05, 4.69) is 37.8 Å². The van der Waals surface area contributed by atoms with Gasteiger partial charge in [0.1, 0.15) is 5.75 Å². The molecule has 1 amide bonds. The van der Waals surface area contributed by atoms with Gasteiger partial charge in [0, 0.05) is 18.7 Å². The van der Waals surface area contributed by atoms with Crippen molar-refractivity contribution in [1.29, 1.82) is 0 Å². The molecule has 0 saturated heterocycles. The number of halogens is 1. The lowest BCUT2D eigenvalue weighted by Crippen LogP contribution is -2.36. The zero-order chi connectivity index (χ0) is 21.7. The van der Waals surface area contributed by atoms with Gasteiger partial charge in [0.2, 0.25) is 0 Å². The smallest absolute Gasteiger partial charge is 0.260 e. The summed E-state index contributed by atoms with van der Waals surface area (Å²) >= 11 is 1.57. The summed E-state index contributed by atoms with van der Waals surface area (Å²) in [5.41, 5.74) is 3.94. The molecule has 0 aliphatic carbocycles. The number of rotatable bonds is 9. The standard InChI is InChI=1S/C24H31N3O2S.ClH/c1-6-7-13-29-20-10-8-9-19(16-20)23(28)27(12-11-26(4)5)24-25-22-18(3)14-17(2)15-21(22)30-24;/h8-10,14-16H,6-7,11-13H2,1-5H3;1H. The molecule has 31 heavy (non-hydrogen) atoms. The number of hydrogen-bond acceptors (Lipinski definition) is 5. The molecule has 0 aliphatic rings. The van der Waals surface area contributed by atoms with E-state index in [1.54, 1.807) is 16.2 Å². The van der Waals surface area contributed by atoms with Crippen LogP contribution in [0.2, 0.25) is 0 Å². The molecular weight excluding hydrogens is 430 g/mol. The van der Waals surface area contributed by atoms with Crippen LogP contribution in [0, 0.1) is 13.8 Å². The Morgan fingerprint density at radius 1 is 1.13 bits per heavy atom. The SMILES string of the molecule is CCCCOc1cccc(C(=O)N(CCN(C)C)c2nc3c(C)cc(C)cc3s2)c1.Cl. The Bertz CT molecular complexity index is 1020. The molecule has 5 nitrogen and oxygen atoms in total. The van der Waals surface area contributed by atoms with Crippen molar-refractivity contribution in [3.63, 3.8) is 0 Å². The summed E-state index contributed by atoms with van der Waals surface area (Å²) in [6.45, 7) is 8.28.